The molecule has 0 saturated heterocycles. The Morgan fingerprint density at radius 1 is 1.00 bits per heavy atom. The zero-order valence-corrected chi connectivity index (χ0v) is 9.84. The molecule has 2 heteroatoms. The van der Waals surface area contributed by atoms with Crippen LogP contribution < -0.4 is 4.74 Å². The van der Waals surface area contributed by atoms with Gasteiger partial charge in [0, 0.05) is 0 Å². The van der Waals surface area contributed by atoms with Crippen LogP contribution in [0.3, 0.4) is 0 Å². The third kappa shape index (κ3) is 3.61. The summed E-state index contributed by atoms with van der Waals surface area (Å²) in [6, 6.07) is 17.5. The largest absolute Gasteiger partial charge is 0.457 e. The zero-order valence-electron chi connectivity index (χ0n) is 9.84. The van der Waals surface area contributed by atoms with Crippen molar-refractivity contribution in [1.29, 1.82) is 0 Å². The van der Waals surface area contributed by atoms with Crippen LogP contribution in [0.1, 0.15) is 12.5 Å². The van der Waals surface area contributed by atoms with Gasteiger partial charge in [0.05, 0.1) is 6.10 Å². The second kappa shape index (κ2) is 5.51. The molecular weight excluding hydrogens is 212 g/mol. The van der Waals surface area contributed by atoms with Crippen molar-refractivity contribution in [2.24, 2.45) is 0 Å². The van der Waals surface area contributed by atoms with Crippen molar-refractivity contribution < 1.29 is 9.84 Å². The van der Waals surface area contributed by atoms with E-state index < -0.39 is 0 Å². The SMILES string of the molecule is CC(O)Cc1cccc(Oc2ccccc2)c1. The third-order valence-corrected chi connectivity index (χ3v) is 2.41. The summed E-state index contributed by atoms with van der Waals surface area (Å²) < 4.78 is 5.72. The number of hydrogen-bond donors (Lipinski definition) is 1. The average molecular weight is 228 g/mol. The van der Waals surface area contributed by atoms with Crippen molar-refractivity contribution in [2.45, 2.75) is 19.4 Å². The van der Waals surface area contributed by atoms with Crippen LogP contribution in [0.15, 0.2) is 54.6 Å². The van der Waals surface area contributed by atoms with Gasteiger partial charge in [0.2, 0.25) is 0 Å². The molecular formula is C15H16O2. The minimum Gasteiger partial charge on any atom is -0.457 e. The van der Waals surface area contributed by atoms with E-state index in [9.17, 15) is 5.11 Å². The van der Waals surface area contributed by atoms with Crippen LogP contribution in [0.4, 0.5) is 0 Å². The Balaban J connectivity index is 2.11. The summed E-state index contributed by atoms with van der Waals surface area (Å²) in [6.07, 6.45) is 0.313. The monoisotopic (exact) mass is 228 g/mol. The summed E-state index contributed by atoms with van der Waals surface area (Å²) in [7, 11) is 0. The summed E-state index contributed by atoms with van der Waals surface area (Å²) in [6.45, 7) is 1.78. The van der Waals surface area contributed by atoms with Crippen molar-refractivity contribution in [3.05, 3.63) is 60.2 Å². The van der Waals surface area contributed by atoms with E-state index in [1.54, 1.807) is 6.92 Å². The molecule has 88 valence electrons. The third-order valence-electron chi connectivity index (χ3n) is 2.41. The smallest absolute Gasteiger partial charge is 0.127 e. The topological polar surface area (TPSA) is 29.5 Å². The predicted molar refractivity (Wildman–Crippen MR) is 68.3 cm³/mol. The van der Waals surface area contributed by atoms with Gasteiger partial charge in [-0.05, 0) is 43.2 Å². The minimum absolute atomic E-state index is 0.332. The number of hydrogen-bond acceptors (Lipinski definition) is 2. The number of aliphatic hydroxyl groups excluding tert-OH is 1. The molecule has 0 amide bonds. The lowest BCUT2D eigenvalue weighted by Crippen LogP contribution is -2.03. The van der Waals surface area contributed by atoms with Crippen LogP contribution in [-0.2, 0) is 6.42 Å². The number of rotatable bonds is 4. The molecule has 2 rings (SSSR count). The van der Waals surface area contributed by atoms with E-state index in [0.29, 0.717) is 6.42 Å². The fourth-order valence-electron chi connectivity index (χ4n) is 1.70. The molecule has 0 spiro atoms. The molecule has 0 saturated carbocycles. The number of para-hydroxylation sites is 1. The molecule has 1 atom stereocenters. The summed E-state index contributed by atoms with van der Waals surface area (Å²) >= 11 is 0. The second-order valence-corrected chi connectivity index (χ2v) is 4.12. The molecule has 2 nitrogen and oxygen atoms in total. The number of ether oxygens (including phenoxy) is 1. The molecule has 0 radical (unpaired) electrons. The summed E-state index contributed by atoms with van der Waals surface area (Å²) in [5.41, 5.74) is 1.08. The van der Waals surface area contributed by atoms with Gasteiger partial charge in [0.15, 0.2) is 0 Å². The van der Waals surface area contributed by atoms with Gasteiger partial charge in [-0.15, -0.1) is 0 Å². The Morgan fingerprint density at radius 3 is 2.41 bits per heavy atom. The van der Waals surface area contributed by atoms with Crippen molar-refractivity contribution in [3.63, 3.8) is 0 Å². The first-order valence-corrected chi connectivity index (χ1v) is 5.74. The van der Waals surface area contributed by atoms with Crippen LogP contribution in [-0.4, -0.2) is 11.2 Å². The molecule has 2 aromatic rings. The first-order chi connectivity index (χ1) is 8.24. The van der Waals surface area contributed by atoms with Gasteiger partial charge in [0.1, 0.15) is 11.5 Å². The lowest BCUT2D eigenvalue weighted by molar-refractivity contribution is 0.195. The van der Waals surface area contributed by atoms with Crippen molar-refractivity contribution in [3.8, 4) is 11.5 Å². The quantitative estimate of drug-likeness (QED) is 0.869. The van der Waals surface area contributed by atoms with Crippen LogP contribution in [0.25, 0.3) is 0 Å². The van der Waals surface area contributed by atoms with Crippen LogP contribution in [0, 0.1) is 0 Å². The number of aliphatic hydroxyl groups is 1. The molecule has 17 heavy (non-hydrogen) atoms. The van der Waals surface area contributed by atoms with Gasteiger partial charge in [-0.25, -0.2) is 0 Å². The Morgan fingerprint density at radius 2 is 1.71 bits per heavy atom. The normalized spacial score (nSPS) is 12.1. The molecule has 0 bridgehead atoms. The van der Waals surface area contributed by atoms with Gasteiger partial charge in [0.25, 0.3) is 0 Å². The van der Waals surface area contributed by atoms with E-state index in [1.807, 2.05) is 54.6 Å². The minimum atomic E-state index is -0.332. The Kier molecular flexibility index (Phi) is 3.78. The second-order valence-electron chi connectivity index (χ2n) is 4.12. The lowest BCUT2D eigenvalue weighted by Gasteiger charge is -2.08. The fourth-order valence-corrected chi connectivity index (χ4v) is 1.70. The predicted octanol–water partition coefficient (Wildman–Crippen LogP) is 3.40. The lowest BCUT2D eigenvalue weighted by atomic mass is 10.1. The van der Waals surface area contributed by atoms with Crippen molar-refractivity contribution >= 4 is 0 Å². The average Bonchev–Trinajstić information content (AvgIpc) is 2.30. The van der Waals surface area contributed by atoms with Crippen LogP contribution in [0.5, 0.6) is 11.5 Å². The van der Waals surface area contributed by atoms with Gasteiger partial charge in [-0.1, -0.05) is 30.3 Å². The molecule has 0 aromatic heterocycles. The van der Waals surface area contributed by atoms with E-state index in [0.717, 1.165) is 17.1 Å². The highest BCUT2D eigenvalue weighted by atomic mass is 16.5. The summed E-state index contributed by atoms with van der Waals surface area (Å²) in [5.74, 6) is 1.62. The molecule has 2 aromatic carbocycles. The van der Waals surface area contributed by atoms with Crippen molar-refractivity contribution in [2.75, 3.05) is 0 Å². The van der Waals surface area contributed by atoms with Crippen LogP contribution >= 0.6 is 0 Å². The highest BCUT2D eigenvalue weighted by molar-refractivity contribution is 5.34. The highest BCUT2D eigenvalue weighted by Crippen LogP contribution is 2.22. The Hall–Kier alpha value is -1.80. The van der Waals surface area contributed by atoms with Gasteiger partial charge in [-0.2, -0.15) is 0 Å². The standard InChI is InChI=1S/C15H16O2/c1-12(16)10-13-6-5-9-15(11-13)17-14-7-3-2-4-8-14/h2-9,11-12,16H,10H2,1H3. The van der Waals surface area contributed by atoms with Crippen molar-refractivity contribution in [1.82, 2.24) is 0 Å². The summed E-state index contributed by atoms with van der Waals surface area (Å²) in [4.78, 5) is 0. The van der Waals surface area contributed by atoms with Gasteiger partial charge < -0.3 is 9.84 Å². The van der Waals surface area contributed by atoms with E-state index in [4.69, 9.17) is 4.74 Å². The van der Waals surface area contributed by atoms with E-state index >= 15 is 0 Å². The molecule has 0 fully saturated rings. The van der Waals surface area contributed by atoms with Gasteiger partial charge in [-0.3, -0.25) is 0 Å². The Bertz CT molecular complexity index is 463. The maximum Gasteiger partial charge on any atom is 0.127 e. The van der Waals surface area contributed by atoms with Crippen LogP contribution in [0.2, 0.25) is 0 Å². The number of benzene rings is 2. The summed E-state index contributed by atoms with van der Waals surface area (Å²) in [5, 5.41) is 9.35. The van der Waals surface area contributed by atoms with E-state index in [2.05, 4.69) is 0 Å². The Labute approximate surface area is 101 Å². The molecule has 0 aliphatic rings. The molecule has 0 aliphatic heterocycles. The zero-order chi connectivity index (χ0) is 12.1. The van der Waals surface area contributed by atoms with Gasteiger partial charge >= 0.3 is 0 Å². The first-order valence-electron chi connectivity index (χ1n) is 5.74. The molecule has 0 aliphatic carbocycles. The maximum atomic E-state index is 9.35. The maximum absolute atomic E-state index is 9.35. The molecule has 1 unspecified atom stereocenters. The molecule has 0 heterocycles. The molecule has 1 N–H and O–H groups in total. The van der Waals surface area contributed by atoms with E-state index in [-0.39, 0.29) is 6.10 Å². The highest BCUT2D eigenvalue weighted by Gasteiger charge is 2.01. The fraction of sp³-hybridized carbons (Fsp3) is 0.200. The van der Waals surface area contributed by atoms with E-state index in [1.165, 1.54) is 0 Å². The first kappa shape index (κ1) is 11.7.